The topological polar surface area (TPSA) is 96.7 Å². The molecule has 1 heterocycles. The Balaban J connectivity index is 1.55. The van der Waals surface area contributed by atoms with Gasteiger partial charge >= 0.3 is 0 Å². The maximum Gasteiger partial charge on any atom is 0.224 e. The molecule has 3 rings (SSSR count). The molecule has 0 radical (unpaired) electrons. The molecule has 7 heteroatoms. The highest BCUT2D eigenvalue weighted by Gasteiger charge is 2.16. The number of nitrogen functional groups attached to an aromatic ring is 1. The molecule has 0 saturated carbocycles. The van der Waals surface area contributed by atoms with Gasteiger partial charge in [0.2, 0.25) is 5.91 Å². The van der Waals surface area contributed by atoms with E-state index in [-0.39, 0.29) is 5.91 Å². The minimum atomic E-state index is -0.0582. The van der Waals surface area contributed by atoms with Gasteiger partial charge in [-0.1, -0.05) is 41.9 Å². The Kier molecular flexibility index (Phi) is 6.30. The molecule has 1 amide bonds. The number of carbonyl (C=O) groups excluding carboxylic acids is 1. The van der Waals surface area contributed by atoms with Crippen molar-refractivity contribution in [2.24, 2.45) is 0 Å². The summed E-state index contributed by atoms with van der Waals surface area (Å²) >= 11 is 5.85. The number of amides is 1. The summed E-state index contributed by atoms with van der Waals surface area (Å²) in [6.45, 7) is 0.495. The standard InChI is InChI=1S/C21H20ClN5O/c22-16-10-8-15(9-11-16)13-20(28)25-12-4-7-19-18(14-23)21(24)27(26-19)17-5-2-1-3-6-17/h1-3,5-6,8-11H,4,7,12-13,24H2,(H,25,28). The molecule has 0 unspecified atom stereocenters. The van der Waals surface area contributed by atoms with Crippen LogP contribution in [0.1, 0.15) is 23.2 Å². The SMILES string of the molecule is N#Cc1c(CCCNC(=O)Cc2ccc(Cl)cc2)nn(-c2ccccc2)c1N. The molecule has 0 aliphatic heterocycles. The molecule has 0 saturated heterocycles. The van der Waals surface area contributed by atoms with Crippen molar-refractivity contribution < 1.29 is 4.79 Å². The zero-order valence-corrected chi connectivity index (χ0v) is 16.0. The Labute approximate surface area is 168 Å². The normalized spacial score (nSPS) is 10.4. The predicted octanol–water partition coefficient (Wildman–Crippen LogP) is 3.27. The smallest absolute Gasteiger partial charge is 0.224 e. The number of anilines is 1. The van der Waals surface area contributed by atoms with Gasteiger partial charge in [-0.2, -0.15) is 10.4 Å². The lowest BCUT2D eigenvalue weighted by molar-refractivity contribution is -0.120. The summed E-state index contributed by atoms with van der Waals surface area (Å²) in [5.74, 6) is 0.271. The number of benzene rings is 2. The van der Waals surface area contributed by atoms with Crippen LogP contribution < -0.4 is 11.1 Å². The quantitative estimate of drug-likeness (QED) is 0.602. The van der Waals surface area contributed by atoms with Gasteiger partial charge in [0, 0.05) is 11.6 Å². The molecule has 0 bridgehead atoms. The number of nitrogens with one attached hydrogen (secondary N) is 1. The molecule has 0 spiro atoms. The zero-order chi connectivity index (χ0) is 19.9. The van der Waals surface area contributed by atoms with E-state index in [1.165, 1.54) is 0 Å². The first kappa shape index (κ1) is 19.5. The van der Waals surface area contributed by atoms with Crippen molar-refractivity contribution >= 4 is 23.3 Å². The van der Waals surface area contributed by atoms with Gasteiger partial charge in [-0.05, 0) is 42.7 Å². The van der Waals surface area contributed by atoms with Crippen molar-refractivity contribution in [2.45, 2.75) is 19.3 Å². The van der Waals surface area contributed by atoms with Crippen LogP contribution in [0.4, 0.5) is 5.82 Å². The molecule has 0 fully saturated rings. The van der Waals surface area contributed by atoms with Crippen molar-refractivity contribution in [3.8, 4) is 11.8 Å². The lowest BCUT2D eigenvalue weighted by Crippen LogP contribution is -2.26. The lowest BCUT2D eigenvalue weighted by atomic mass is 10.1. The largest absolute Gasteiger partial charge is 0.382 e. The zero-order valence-electron chi connectivity index (χ0n) is 15.2. The van der Waals surface area contributed by atoms with Gasteiger partial charge in [0.1, 0.15) is 17.5 Å². The highest BCUT2D eigenvalue weighted by Crippen LogP contribution is 2.21. The lowest BCUT2D eigenvalue weighted by Gasteiger charge is -2.05. The van der Waals surface area contributed by atoms with Gasteiger partial charge in [-0.15, -0.1) is 0 Å². The van der Waals surface area contributed by atoms with E-state index in [1.807, 2.05) is 42.5 Å². The molecule has 142 valence electrons. The van der Waals surface area contributed by atoms with Gasteiger partial charge < -0.3 is 11.1 Å². The monoisotopic (exact) mass is 393 g/mol. The fraction of sp³-hybridized carbons (Fsp3) is 0.190. The first-order chi connectivity index (χ1) is 13.6. The summed E-state index contributed by atoms with van der Waals surface area (Å²) in [6, 6.07) is 18.8. The second kappa shape index (κ2) is 9.07. The summed E-state index contributed by atoms with van der Waals surface area (Å²) in [7, 11) is 0. The number of halogens is 1. The number of hydrogen-bond donors (Lipinski definition) is 2. The van der Waals surface area contributed by atoms with Crippen molar-refractivity contribution in [1.82, 2.24) is 15.1 Å². The average molecular weight is 394 g/mol. The molecular formula is C21H20ClN5O. The Hall–Kier alpha value is -3.30. The third-order valence-electron chi connectivity index (χ3n) is 4.30. The van der Waals surface area contributed by atoms with Gasteiger partial charge in [-0.3, -0.25) is 4.79 Å². The van der Waals surface area contributed by atoms with Crippen LogP contribution in [0.3, 0.4) is 0 Å². The van der Waals surface area contributed by atoms with E-state index >= 15 is 0 Å². The molecule has 6 nitrogen and oxygen atoms in total. The number of carbonyl (C=O) groups is 1. The van der Waals surface area contributed by atoms with Crippen LogP contribution in [0.2, 0.25) is 5.02 Å². The number of hydrogen-bond acceptors (Lipinski definition) is 4. The number of nitrogens with two attached hydrogens (primary N) is 1. The average Bonchev–Trinajstić information content (AvgIpc) is 3.03. The molecule has 3 N–H and O–H groups in total. The Bertz CT molecular complexity index is 990. The van der Waals surface area contributed by atoms with Crippen LogP contribution in [0.15, 0.2) is 54.6 Å². The highest BCUT2D eigenvalue weighted by atomic mass is 35.5. The number of aryl methyl sites for hydroxylation is 1. The Morgan fingerprint density at radius 3 is 2.57 bits per heavy atom. The number of nitriles is 1. The van der Waals surface area contributed by atoms with Gasteiger partial charge in [0.25, 0.3) is 0 Å². The third kappa shape index (κ3) is 4.70. The second-order valence-corrected chi connectivity index (χ2v) is 6.76. The van der Waals surface area contributed by atoms with E-state index in [0.29, 0.717) is 47.9 Å². The molecule has 0 aliphatic carbocycles. The second-order valence-electron chi connectivity index (χ2n) is 6.32. The number of para-hydroxylation sites is 1. The third-order valence-corrected chi connectivity index (χ3v) is 4.55. The van der Waals surface area contributed by atoms with E-state index < -0.39 is 0 Å². The van der Waals surface area contributed by atoms with Crippen LogP contribution in [0.5, 0.6) is 0 Å². The van der Waals surface area contributed by atoms with E-state index in [1.54, 1.807) is 16.8 Å². The van der Waals surface area contributed by atoms with Crippen LogP contribution >= 0.6 is 11.6 Å². The van der Waals surface area contributed by atoms with Crippen molar-refractivity contribution in [3.63, 3.8) is 0 Å². The maximum atomic E-state index is 12.0. The Morgan fingerprint density at radius 2 is 1.89 bits per heavy atom. The number of rotatable bonds is 7. The van der Waals surface area contributed by atoms with E-state index in [9.17, 15) is 10.1 Å². The summed E-state index contributed by atoms with van der Waals surface area (Å²) in [6.07, 6.45) is 1.51. The fourth-order valence-corrected chi connectivity index (χ4v) is 3.00. The van der Waals surface area contributed by atoms with Crippen LogP contribution in [-0.4, -0.2) is 22.2 Å². The summed E-state index contributed by atoms with van der Waals surface area (Å²) in [4.78, 5) is 12.0. The van der Waals surface area contributed by atoms with Crippen LogP contribution in [-0.2, 0) is 17.6 Å². The minimum absolute atomic E-state index is 0.0582. The summed E-state index contributed by atoms with van der Waals surface area (Å²) in [5, 5.41) is 17.4. The van der Waals surface area contributed by atoms with Crippen molar-refractivity contribution in [3.05, 3.63) is 76.4 Å². The summed E-state index contributed by atoms with van der Waals surface area (Å²) in [5.41, 5.74) is 8.83. The first-order valence-electron chi connectivity index (χ1n) is 8.92. The van der Waals surface area contributed by atoms with Crippen molar-refractivity contribution in [2.75, 3.05) is 12.3 Å². The first-order valence-corrected chi connectivity index (χ1v) is 9.30. The van der Waals surface area contributed by atoms with Gasteiger partial charge in [0.05, 0.1) is 17.8 Å². The van der Waals surface area contributed by atoms with E-state index in [2.05, 4.69) is 16.5 Å². The molecule has 1 aromatic heterocycles. The fourth-order valence-electron chi connectivity index (χ4n) is 2.87. The van der Waals surface area contributed by atoms with Crippen LogP contribution in [0, 0.1) is 11.3 Å². The molecule has 28 heavy (non-hydrogen) atoms. The minimum Gasteiger partial charge on any atom is -0.382 e. The highest BCUT2D eigenvalue weighted by molar-refractivity contribution is 6.30. The predicted molar refractivity (Wildman–Crippen MR) is 109 cm³/mol. The van der Waals surface area contributed by atoms with E-state index in [4.69, 9.17) is 17.3 Å². The van der Waals surface area contributed by atoms with E-state index in [0.717, 1.165) is 11.3 Å². The molecule has 2 aromatic carbocycles. The Morgan fingerprint density at radius 1 is 1.18 bits per heavy atom. The van der Waals surface area contributed by atoms with Crippen LogP contribution in [0.25, 0.3) is 5.69 Å². The van der Waals surface area contributed by atoms with Gasteiger partial charge in [0.15, 0.2) is 0 Å². The van der Waals surface area contributed by atoms with Crippen molar-refractivity contribution in [1.29, 1.82) is 5.26 Å². The molecule has 3 aromatic rings. The molecule has 0 aliphatic rings. The maximum absolute atomic E-state index is 12.0. The summed E-state index contributed by atoms with van der Waals surface area (Å²) < 4.78 is 1.58. The molecular weight excluding hydrogens is 374 g/mol. The van der Waals surface area contributed by atoms with Gasteiger partial charge in [-0.25, -0.2) is 4.68 Å². The molecule has 0 atom stereocenters. The number of aromatic nitrogens is 2. The number of nitrogens with zero attached hydrogens (tertiary/aromatic N) is 3.